The first kappa shape index (κ1) is 14.8. The van der Waals surface area contributed by atoms with E-state index in [9.17, 15) is 4.39 Å². The first-order valence-electron chi connectivity index (χ1n) is 6.63. The Hall–Kier alpha value is -1.58. The molecule has 0 unspecified atom stereocenters. The maximum absolute atomic E-state index is 14.1. The van der Waals surface area contributed by atoms with Crippen LogP contribution in [0.25, 0.3) is 0 Å². The number of para-hydroxylation sites is 2. The maximum atomic E-state index is 14.1. The van der Waals surface area contributed by atoms with Gasteiger partial charge in [-0.05, 0) is 37.7 Å². The lowest BCUT2D eigenvalue weighted by molar-refractivity contribution is 0.625. The van der Waals surface area contributed by atoms with Crippen molar-refractivity contribution in [1.29, 1.82) is 0 Å². The van der Waals surface area contributed by atoms with Crippen LogP contribution in [0.3, 0.4) is 0 Å². The molecule has 0 aromatic heterocycles. The van der Waals surface area contributed by atoms with Crippen molar-refractivity contribution in [3.05, 3.63) is 58.9 Å². The average molecular weight is 293 g/mol. The lowest BCUT2D eigenvalue weighted by Crippen LogP contribution is -2.21. The fourth-order valence-corrected chi connectivity index (χ4v) is 2.61. The molecule has 0 saturated carbocycles. The number of hydrogen-bond donors (Lipinski definition) is 1. The maximum Gasteiger partial charge on any atom is 0.146 e. The number of anilines is 2. The molecule has 0 fully saturated rings. The van der Waals surface area contributed by atoms with Gasteiger partial charge in [0, 0.05) is 13.1 Å². The Bertz CT molecular complexity index is 586. The third-order valence-electron chi connectivity index (χ3n) is 3.17. The zero-order chi connectivity index (χ0) is 14.5. The van der Waals surface area contributed by atoms with E-state index < -0.39 is 0 Å². The van der Waals surface area contributed by atoms with E-state index in [1.807, 2.05) is 43.1 Å². The molecule has 0 atom stereocenters. The van der Waals surface area contributed by atoms with Gasteiger partial charge in [-0.15, -0.1) is 0 Å². The van der Waals surface area contributed by atoms with Crippen LogP contribution < -0.4 is 10.2 Å². The van der Waals surface area contributed by atoms with E-state index in [-0.39, 0.29) is 5.82 Å². The molecule has 0 heterocycles. The molecule has 0 spiro atoms. The summed E-state index contributed by atoms with van der Waals surface area (Å²) in [6, 6.07) is 12.5. The van der Waals surface area contributed by atoms with Crippen LogP contribution in [0.15, 0.2) is 42.5 Å². The van der Waals surface area contributed by atoms with Crippen molar-refractivity contribution in [2.45, 2.75) is 13.5 Å². The standard InChI is InChI=1S/C16H18ClFN2/c1-3-20(15-10-5-4-9-14(15)18)16-12(11-19-2)7-6-8-13(16)17/h4-10,19H,3,11H2,1-2H3. The lowest BCUT2D eigenvalue weighted by Gasteiger charge is -2.27. The Morgan fingerprint density at radius 2 is 1.90 bits per heavy atom. The van der Waals surface area contributed by atoms with E-state index in [2.05, 4.69) is 5.32 Å². The molecule has 106 valence electrons. The average Bonchev–Trinajstić information content (AvgIpc) is 2.44. The van der Waals surface area contributed by atoms with Crippen molar-refractivity contribution < 1.29 is 4.39 Å². The largest absolute Gasteiger partial charge is 0.338 e. The molecule has 2 aromatic rings. The van der Waals surface area contributed by atoms with Gasteiger partial charge in [0.25, 0.3) is 0 Å². The van der Waals surface area contributed by atoms with Crippen molar-refractivity contribution in [3.8, 4) is 0 Å². The van der Waals surface area contributed by atoms with Gasteiger partial charge in [-0.1, -0.05) is 35.9 Å². The fraction of sp³-hybridized carbons (Fsp3) is 0.250. The second-order valence-electron chi connectivity index (χ2n) is 4.47. The molecule has 2 rings (SSSR count). The van der Waals surface area contributed by atoms with Crippen molar-refractivity contribution in [3.63, 3.8) is 0 Å². The molecular formula is C16H18ClFN2. The van der Waals surface area contributed by atoms with Gasteiger partial charge in [-0.2, -0.15) is 0 Å². The van der Waals surface area contributed by atoms with Gasteiger partial charge in [0.2, 0.25) is 0 Å². The second-order valence-corrected chi connectivity index (χ2v) is 4.88. The van der Waals surface area contributed by atoms with E-state index in [0.29, 0.717) is 23.8 Å². The molecule has 4 heteroatoms. The smallest absolute Gasteiger partial charge is 0.146 e. The highest BCUT2D eigenvalue weighted by molar-refractivity contribution is 6.33. The number of benzene rings is 2. The summed E-state index contributed by atoms with van der Waals surface area (Å²) < 4.78 is 14.1. The molecule has 20 heavy (non-hydrogen) atoms. The SMILES string of the molecule is CCN(c1ccccc1F)c1c(Cl)cccc1CNC. The third-order valence-corrected chi connectivity index (χ3v) is 3.47. The highest BCUT2D eigenvalue weighted by Crippen LogP contribution is 2.36. The van der Waals surface area contributed by atoms with Crippen LogP contribution in [-0.4, -0.2) is 13.6 Å². The molecule has 0 bridgehead atoms. The van der Waals surface area contributed by atoms with Crippen LogP contribution in [0, 0.1) is 5.82 Å². The monoisotopic (exact) mass is 292 g/mol. The molecular weight excluding hydrogens is 275 g/mol. The molecule has 0 aliphatic rings. The van der Waals surface area contributed by atoms with E-state index in [4.69, 9.17) is 11.6 Å². The summed E-state index contributed by atoms with van der Waals surface area (Å²) in [4.78, 5) is 1.91. The Labute approximate surface area is 124 Å². The molecule has 0 amide bonds. The van der Waals surface area contributed by atoms with Crippen molar-refractivity contribution in [2.75, 3.05) is 18.5 Å². The zero-order valence-electron chi connectivity index (χ0n) is 11.7. The third kappa shape index (κ3) is 2.94. The Morgan fingerprint density at radius 1 is 1.15 bits per heavy atom. The molecule has 0 aliphatic heterocycles. The molecule has 1 N–H and O–H groups in total. The minimum Gasteiger partial charge on any atom is -0.338 e. The number of nitrogens with one attached hydrogen (secondary N) is 1. The van der Waals surface area contributed by atoms with Gasteiger partial charge >= 0.3 is 0 Å². The first-order valence-corrected chi connectivity index (χ1v) is 7.00. The number of rotatable bonds is 5. The minimum absolute atomic E-state index is 0.246. The normalized spacial score (nSPS) is 10.6. The van der Waals surface area contributed by atoms with Gasteiger partial charge in [-0.3, -0.25) is 0 Å². The van der Waals surface area contributed by atoms with E-state index in [1.54, 1.807) is 12.1 Å². The molecule has 0 aliphatic carbocycles. The summed E-state index contributed by atoms with van der Waals surface area (Å²) in [6.07, 6.45) is 0. The topological polar surface area (TPSA) is 15.3 Å². The van der Waals surface area contributed by atoms with Crippen LogP contribution in [0.4, 0.5) is 15.8 Å². The number of halogens is 2. The van der Waals surface area contributed by atoms with Crippen molar-refractivity contribution in [1.82, 2.24) is 5.32 Å². The molecule has 0 radical (unpaired) electrons. The summed E-state index contributed by atoms with van der Waals surface area (Å²) in [5, 5.41) is 3.75. The summed E-state index contributed by atoms with van der Waals surface area (Å²) in [7, 11) is 1.88. The van der Waals surface area contributed by atoms with Gasteiger partial charge in [-0.25, -0.2) is 4.39 Å². The number of hydrogen-bond acceptors (Lipinski definition) is 2. The summed E-state index contributed by atoms with van der Waals surface area (Å²) in [5.74, 6) is -0.246. The van der Waals surface area contributed by atoms with Crippen LogP contribution in [0.1, 0.15) is 12.5 Å². The zero-order valence-corrected chi connectivity index (χ0v) is 12.4. The molecule has 2 nitrogen and oxygen atoms in total. The van der Waals surface area contributed by atoms with Gasteiger partial charge in [0.1, 0.15) is 5.82 Å². The number of nitrogens with zero attached hydrogens (tertiary/aromatic N) is 1. The van der Waals surface area contributed by atoms with Gasteiger partial charge in [0.05, 0.1) is 16.4 Å². The van der Waals surface area contributed by atoms with E-state index in [1.165, 1.54) is 6.07 Å². The quantitative estimate of drug-likeness (QED) is 0.881. The van der Waals surface area contributed by atoms with E-state index in [0.717, 1.165) is 11.3 Å². The van der Waals surface area contributed by atoms with Crippen LogP contribution in [-0.2, 0) is 6.54 Å². The molecule has 2 aromatic carbocycles. The van der Waals surface area contributed by atoms with Gasteiger partial charge in [0.15, 0.2) is 0 Å². The minimum atomic E-state index is -0.246. The van der Waals surface area contributed by atoms with Crippen LogP contribution in [0.5, 0.6) is 0 Å². The predicted octanol–water partition coefficient (Wildman–Crippen LogP) is 4.36. The predicted molar refractivity (Wildman–Crippen MR) is 83.3 cm³/mol. The summed E-state index contributed by atoms with van der Waals surface area (Å²) in [5.41, 5.74) is 2.45. The van der Waals surface area contributed by atoms with Crippen LogP contribution >= 0.6 is 11.6 Å². The second kappa shape index (κ2) is 6.73. The summed E-state index contributed by atoms with van der Waals surface area (Å²) in [6.45, 7) is 3.31. The Morgan fingerprint density at radius 3 is 2.55 bits per heavy atom. The van der Waals surface area contributed by atoms with Crippen molar-refractivity contribution >= 4 is 23.0 Å². The van der Waals surface area contributed by atoms with E-state index >= 15 is 0 Å². The van der Waals surface area contributed by atoms with Gasteiger partial charge < -0.3 is 10.2 Å². The summed E-state index contributed by atoms with van der Waals surface area (Å²) >= 11 is 6.35. The highest BCUT2D eigenvalue weighted by Gasteiger charge is 2.17. The highest BCUT2D eigenvalue weighted by atomic mass is 35.5. The van der Waals surface area contributed by atoms with Crippen LogP contribution in [0.2, 0.25) is 5.02 Å². The lowest BCUT2D eigenvalue weighted by atomic mass is 10.1. The Balaban J connectivity index is 2.55. The van der Waals surface area contributed by atoms with Crippen molar-refractivity contribution in [2.24, 2.45) is 0 Å². The Kier molecular flexibility index (Phi) is 4.99. The molecule has 0 saturated heterocycles. The fourth-order valence-electron chi connectivity index (χ4n) is 2.31. The first-order chi connectivity index (χ1) is 9.69.